The van der Waals surface area contributed by atoms with Gasteiger partial charge in [-0.15, -0.1) is 5.10 Å². The second-order valence-corrected chi connectivity index (χ2v) is 6.99. The van der Waals surface area contributed by atoms with E-state index in [4.69, 9.17) is 16.3 Å². The van der Waals surface area contributed by atoms with Gasteiger partial charge in [-0.25, -0.2) is 9.50 Å². The Bertz CT molecular complexity index is 872. The Morgan fingerprint density at radius 2 is 2.35 bits per heavy atom. The largest absolute Gasteiger partial charge is 0.459 e. The molecule has 2 aromatic rings. The van der Waals surface area contributed by atoms with Crippen molar-refractivity contribution in [2.45, 2.75) is 45.3 Å². The van der Waals surface area contributed by atoms with Gasteiger partial charge in [-0.1, -0.05) is 25.4 Å². The Hall–Kier alpha value is -2.37. The summed E-state index contributed by atoms with van der Waals surface area (Å²) in [6.45, 7) is 6.75. The molecule has 2 atom stereocenters. The number of carbonyl (C=O) groups excluding carboxylic acids is 1. The predicted octanol–water partition coefficient (Wildman–Crippen LogP) is 2.08. The zero-order chi connectivity index (χ0) is 18.8. The highest BCUT2D eigenvalue weighted by molar-refractivity contribution is 6.35. The number of ether oxygens (including phenoxy) is 1. The first-order valence-electron chi connectivity index (χ1n) is 8.54. The zero-order valence-electron chi connectivity index (χ0n) is 14.9. The second kappa shape index (κ2) is 7.48. The summed E-state index contributed by atoms with van der Waals surface area (Å²) in [5.41, 5.74) is 1.77. The van der Waals surface area contributed by atoms with E-state index < -0.39 is 0 Å². The van der Waals surface area contributed by atoms with Crippen LogP contribution in [0.2, 0.25) is 5.02 Å². The third-order valence-corrected chi connectivity index (χ3v) is 4.76. The maximum atomic E-state index is 11.3. The van der Waals surface area contributed by atoms with Gasteiger partial charge in [0.2, 0.25) is 5.95 Å². The molecule has 8 nitrogen and oxygen atoms in total. The number of nitriles is 1. The number of nitrogens with one attached hydrogen (secondary N) is 2. The van der Waals surface area contributed by atoms with Crippen molar-refractivity contribution >= 4 is 29.0 Å². The minimum atomic E-state index is -0.320. The predicted molar refractivity (Wildman–Crippen MR) is 97.3 cm³/mol. The first-order valence-corrected chi connectivity index (χ1v) is 8.91. The molecule has 0 spiro atoms. The lowest BCUT2D eigenvalue weighted by Gasteiger charge is -2.31. The van der Waals surface area contributed by atoms with E-state index in [0.717, 1.165) is 18.7 Å². The van der Waals surface area contributed by atoms with Gasteiger partial charge in [-0.2, -0.15) is 5.26 Å². The second-order valence-electron chi connectivity index (χ2n) is 6.61. The standard InChI is InChI=1S/C17H21ClN6O2/c1-9(2)16-11(6-19)15(18)13-7-21-17(23-24(13)16)22-12-4-5-20-8-14(12)26-10(3)25/h7,9,12,14,20H,4-5,8H2,1-3H3,(H,22,23)/t12-,14-/m1/s1. The number of aromatic nitrogens is 3. The molecule has 3 heterocycles. The van der Waals surface area contributed by atoms with Crippen LogP contribution < -0.4 is 10.6 Å². The van der Waals surface area contributed by atoms with Crippen molar-refractivity contribution in [3.63, 3.8) is 0 Å². The summed E-state index contributed by atoms with van der Waals surface area (Å²) >= 11 is 6.32. The van der Waals surface area contributed by atoms with Crippen LogP contribution in [0.1, 0.15) is 44.4 Å². The highest BCUT2D eigenvalue weighted by Gasteiger charge is 2.28. The molecule has 1 saturated heterocycles. The number of esters is 1. The summed E-state index contributed by atoms with van der Waals surface area (Å²) in [4.78, 5) is 15.6. The Labute approximate surface area is 156 Å². The van der Waals surface area contributed by atoms with Crippen LogP contribution in [0, 0.1) is 11.3 Å². The van der Waals surface area contributed by atoms with E-state index in [9.17, 15) is 10.1 Å². The van der Waals surface area contributed by atoms with Crippen molar-refractivity contribution in [1.29, 1.82) is 5.26 Å². The molecule has 0 aromatic carbocycles. The summed E-state index contributed by atoms with van der Waals surface area (Å²) in [7, 11) is 0. The molecule has 2 aromatic heterocycles. The van der Waals surface area contributed by atoms with Crippen molar-refractivity contribution in [2.24, 2.45) is 0 Å². The van der Waals surface area contributed by atoms with Crippen LogP contribution in [0.3, 0.4) is 0 Å². The average molecular weight is 377 g/mol. The number of hydrogen-bond acceptors (Lipinski definition) is 7. The van der Waals surface area contributed by atoms with Gasteiger partial charge in [0.25, 0.3) is 0 Å². The highest BCUT2D eigenvalue weighted by Crippen LogP contribution is 2.31. The van der Waals surface area contributed by atoms with Gasteiger partial charge >= 0.3 is 5.97 Å². The highest BCUT2D eigenvalue weighted by atomic mass is 35.5. The van der Waals surface area contributed by atoms with Crippen molar-refractivity contribution in [3.8, 4) is 6.07 Å². The number of nitrogens with zero attached hydrogens (tertiary/aromatic N) is 4. The van der Waals surface area contributed by atoms with Crippen LogP contribution >= 0.6 is 11.6 Å². The summed E-state index contributed by atoms with van der Waals surface area (Å²) in [5.74, 6) is 0.152. The van der Waals surface area contributed by atoms with Gasteiger partial charge in [-0.3, -0.25) is 4.79 Å². The quantitative estimate of drug-likeness (QED) is 0.787. The maximum absolute atomic E-state index is 11.3. The van der Waals surface area contributed by atoms with Crippen LogP contribution in [-0.2, 0) is 9.53 Å². The molecule has 1 fully saturated rings. The number of piperidine rings is 1. The molecule has 3 rings (SSSR count). The minimum absolute atomic E-state index is 0.0695. The van der Waals surface area contributed by atoms with Gasteiger partial charge in [0, 0.05) is 13.5 Å². The minimum Gasteiger partial charge on any atom is -0.459 e. The van der Waals surface area contributed by atoms with Gasteiger partial charge in [0.05, 0.1) is 28.5 Å². The van der Waals surface area contributed by atoms with Crippen LogP contribution in [0.15, 0.2) is 6.20 Å². The van der Waals surface area contributed by atoms with E-state index in [2.05, 4.69) is 26.8 Å². The lowest BCUT2D eigenvalue weighted by Crippen LogP contribution is -2.50. The third kappa shape index (κ3) is 3.45. The fourth-order valence-electron chi connectivity index (χ4n) is 3.23. The fourth-order valence-corrected chi connectivity index (χ4v) is 3.50. The molecule has 0 unspecified atom stereocenters. The van der Waals surface area contributed by atoms with E-state index in [1.54, 1.807) is 10.7 Å². The lowest BCUT2D eigenvalue weighted by molar-refractivity contribution is -0.147. The number of halogens is 1. The van der Waals surface area contributed by atoms with Crippen molar-refractivity contribution in [2.75, 3.05) is 18.4 Å². The van der Waals surface area contributed by atoms with Crippen LogP contribution in [0.25, 0.3) is 5.52 Å². The van der Waals surface area contributed by atoms with Crippen molar-refractivity contribution < 1.29 is 9.53 Å². The number of hydrogen-bond donors (Lipinski definition) is 2. The van der Waals surface area contributed by atoms with E-state index in [1.807, 2.05) is 13.8 Å². The number of rotatable bonds is 4. The Kier molecular flexibility index (Phi) is 5.30. The maximum Gasteiger partial charge on any atom is 0.303 e. The van der Waals surface area contributed by atoms with Gasteiger partial charge < -0.3 is 15.4 Å². The molecular weight excluding hydrogens is 356 g/mol. The normalized spacial score (nSPS) is 20.2. The molecule has 9 heteroatoms. The first kappa shape index (κ1) is 18.4. The van der Waals surface area contributed by atoms with Gasteiger partial charge in [0.15, 0.2) is 0 Å². The third-order valence-electron chi connectivity index (χ3n) is 4.38. The lowest BCUT2D eigenvalue weighted by atomic mass is 10.0. The smallest absolute Gasteiger partial charge is 0.303 e. The van der Waals surface area contributed by atoms with Crippen molar-refractivity contribution in [1.82, 2.24) is 19.9 Å². The molecule has 0 radical (unpaired) electrons. The molecule has 0 saturated carbocycles. The SMILES string of the molecule is CC(=O)O[C@@H]1CNCC[C@H]1Nc1ncc2c(Cl)c(C#N)c(C(C)C)n2n1. The molecule has 0 aliphatic carbocycles. The van der Waals surface area contributed by atoms with Crippen LogP contribution in [-0.4, -0.2) is 45.8 Å². The Morgan fingerprint density at radius 3 is 3.00 bits per heavy atom. The van der Waals surface area contributed by atoms with Crippen LogP contribution in [0.4, 0.5) is 5.95 Å². The van der Waals surface area contributed by atoms with E-state index >= 15 is 0 Å². The number of carbonyl (C=O) groups is 1. The molecule has 0 bridgehead atoms. The van der Waals surface area contributed by atoms with E-state index in [0.29, 0.717) is 28.6 Å². The van der Waals surface area contributed by atoms with Gasteiger partial charge in [0.1, 0.15) is 17.7 Å². The van der Waals surface area contributed by atoms with Crippen molar-refractivity contribution in [3.05, 3.63) is 22.5 Å². The Balaban J connectivity index is 1.95. The van der Waals surface area contributed by atoms with E-state index in [-0.39, 0.29) is 24.0 Å². The summed E-state index contributed by atoms with van der Waals surface area (Å²) in [5, 5.41) is 20.8. The fraction of sp³-hybridized carbons (Fsp3) is 0.529. The molecule has 26 heavy (non-hydrogen) atoms. The summed E-state index contributed by atoms with van der Waals surface area (Å²) < 4.78 is 7.05. The molecule has 138 valence electrons. The first-order chi connectivity index (χ1) is 12.4. The molecule has 2 N–H and O–H groups in total. The van der Waals surface area contributed by atoms with E-state index in [1.165, 1.54) is 6.92 Å². The molecule has 1 aliphatic rings. The van der Waals surface area contributed by atoms with Gasteiger partial charge in [-0.05, 0) is 18.9 Å². The zero-order valence-corrected chi connectivity index (χ0v) is 15.7. The summed E-state index contributed by atoms with van der Waals surface area (Å²) in [6, 6.07) is 2.06. The topological polar surface area (TPSA) is 104 Å². The average Bonchev–Trinajstić information content (AvgIpc) is 2.88. The summed E-state index contributed by atoms with van der Waals surface area (Å²) in [6.07, 6.45) is 2.08. The molecule has 0 amide bonds. The van der Waals surface area contributed by atoms with Crippen LogP contribution in [0.5, 0.6) is 0 Å². The number of fused-ring (bicyclic) bond motifs is 1. The monoisotopic (exact) mass is 376 g/mol. The Morgan fingerprint density at radius 1 is 1.58 bits per heavy atom. The molecular formula is C17H21ClN6O2. The number of anilines is 1. The molecule has 1 aliphatic heterocycles.